The molecule has 0 nitrogen and oxygen atoms in total. The Kier molecular flexibility index (Phi) is 5.16. The fourth-order valence-corrected chi connectivity index (χ4v) is 0.835. The lowest BCUT2D eigenvalue weighted by Gasteiger charge is -2.01. The van der Waals surface area contributed by atoms with Gasteiger partial charge in [0.05, 0.1) is 0 Å². The maximum absolute atomic E-state index is 3.40. The lowest BCUT2D eigenvalue weighted by atomic mass is 10.1. The standard InChI is InChI=1S/C8H15Br/c1-4-7(2)5-8(3)6-9/h5,7H,4,6H2,1-3H3/b8-5-. The van der Waals surface area contributed by atoms with Crippen molar-refractivity contribution in [3.05, 3.63) is 11.6 Å². The predicted molar refractivity (Wildman–Crippen MR) is 47.0 cm³/mol. The summed E-state index contributed by atoms with van der Waals surface area (Å²) in [5, 5.41) is 1.01. The smallest absolute Gasteiger partial charge is 0.0239 e. The molecule has 0 rings (SSSR count). The molecule has 0 N–H and O–H groups in total. The summed E-state index contributed by atoms with van der Waals surface area (Å²) in [6.07, 6.45) is 3.55. The average molecular weight is 191 g/mol. The van der Waals surface area contributed by atoms with Crippen LogP contribution in [0.5, 0.6) is 0 Å². The summed E-state index contributed by atoms with van der Waals surface area (Å²) in [4.78, 5) is 0. The fourth-order valence-electron chi connectivity index (χ4n) is 0.648. The molecule has 0 aromatic carbocycles. The van der Waals surface area contributed by atoms with Crippen LogP contribution in [0.25, 0.3) is 0 Å². The van der Waals surface area contributed by atoms with Gasteiger partial charge in [0.25, 0.3) is 0 Å². The third-order valence-electron chi connectivity index (χ3n) is 1.42. The first kappa shape index (κ1) is 9.22. The summed E-state index contributed by atoms with van der Waals surface area (Å²) < 4.78 is 0. The zero-order chi connectivity index (χ0) is 7.28. The summed E-state index contributed by atoms with van der Waals surface area (Å²) >= 11 is 3.40. The molecule has 0 heterocycles. The topological polar surface area (TPSA) is 0 Å². The Morgan fingerprint density at radius 2 is 2.22 bits per heavy atom. The van der Waals surface area contributed by atoms with E-state index in [1.165, 1.54) is 12.0 Å². The van der Waals surface area contributed by atoms with Crippen LogP contribution in [0.4, 0.5) is 0 Å². The van der Waals surface area contributed by atoms with Crippen LogP contribution in [0.3, 0.4) is 0 Å². The maximum Gasteiger partial charge on any atom is 0.0239 e. The highest BCUT2D eigenvalue weighted by Crippen LogP contribution is 2.07. The Labute approximate surface area is 66.5 Å². The number of hydrogen-bond donors (Lipinski definition) is 0. The summed E-state index contributed by atoms with van der Waals surface area (Å²) in [5.41, 5.74) is 1.43. The Hall–Kier alpha value is 0.220. The van der Waals surface area contributed by atoms with Crippen molar-refractivity contribution >= 4 is 15.9 Å². The first-order valence-corrected chi connectivity index (χ1v) is 4.56. The van der Waals surface area contributed by atoms with Gasteiger partial charge < -0.3 is 0 Å². The van der Waals surface area contributed by atoms with Crippen molar-refractivity contribution in [2.75, 3.05) is 5.33 Å². The highest BCUT2D eigenvalue weighted by molar-refractivity contribution is 9.09. The van der Waals surface area contributed by atoms with Crippen molar-refractivity contribution in [3.8, 4) is 0 Å². The Balaban J connectivity index is 3.64. The van der Waals surface area contributed by atoms with E-state index in [2.05, 4.69) is 42.8 Å². The van der Waals surface area contributed by atoms with Crippen molar-refractivity contribution in [3.63, 3.8) is 0 Å². The first-order chi connectivity index (χ1) is 4.20. The van der Waals surface area contributed by atoms with Gasteiger partial charge >= 0.3 is 0 Å². The van der Waals surface area contributed by atoms with Gasteiger partial charge in [0, 0.05) is 5.33 Å². The minimum absolute atomic E-state index is 0.738. The van der Waals surface area contributed by atoms with Gasteiger partial charge in [0.2, 0.25) is 0 Å². The predicted octanol–water partition coefficient (Wildman–Crippen LogP) is 3.37. The molecule has 0 aliphatic carbocycles. The zero-order valence-electron chi connectivity index (χ0n) is 6.45. The van der Waals surface area contributed by atoms with Gasteiger partial charge in [-0.05, 0) is 12.8 Å². The van der Waals surface area contributed by atoms with Crippen LogP contribution in [0.1, 0.15) is 27.2 Å². The highest BCUT2D eigenvalue weighted by Gasteiger charge is 1.92. The number of halogens is 1. The highest BCUT2D eigenvalue weighted by atomic mass is 79.9. The minimum atomic E-state index is 0.738. The van der Waals surface area contributed by atoms with Crippen LogP contribution in [-0.2, 0) is 0 Å². The van der Waals surface area contributed by atoms with Crippen LogP contribution in [0.2, 0.25) is 0 Å². The zero-order valence-corrected chi connectivity index (χ0v) is 8.03. The Morgan fingerprint density at radius 1 is 1.67 bits per heavy atom. The normalized spacial score (nSPS) is 15.8. The third kappa shape index (κ3) is 4.71. The summed E-state index contributed by atoms with van der Waals surface area (Å²) in [6.45, 7) is 6.61. The molecule has 0 aliphatic rings. The van der Waals surface area contributed by atoms with Crippen LogP contribution >= 0.6 is 15.9 Å². The van der Waals surface area contributed by atoms with Gasteiger partial charge in [-0.1, -0.05) is 47.8 Å². The summed E-state index contributed by atoms with van der Waals surface area (Å²) in [5.74, 6) is 0.738. The van der Waals surface area contributed by atoms with Gasteiger partial charge in [-0.15, -0.1) is 0 Å². The second kappa shape index (κ2) is 5.04. The quantitative estimate of drug-likeness (QED) is 0.473. The summed E-state index contributed by atoms with van der Waals surface area (Å²) in [7, 11) is 0. The largest absolute Gasteiger partial charge is 0.0880 e. The molecule has 0 spiro atoms. The average Bonchev–Trinajstić information content (AvgIpc) is 1.87. The van der Waals surface area contributed by atoms with Gasteiger partial charge in [-0.3, -0.25) is 0 Å². The van der Waals surface area contributed by atoms with Crippen LogP contribution < -0.4 is 0 Å². The molecular weight excluding hydrogens is 176 g/mol. The molecule has 0 bridgehead atoms. The molecule has 1 atom stereocenters. The van der Waals surface area contributed by atoms with Crippen molar-refractivity contribution in [2.45, 2.75) is 27.2 Å². The second-order valence-corrected chi connectivity index (χ2v) is 3.09. The molecule has 9 heavy (non-hydrogen) atoms. The van der Waals surface area contributed by atoms with Gasteiger partial charge in [-0.25, -0.2) is 0 Å². The molecule has 54 valence electrons. The SMILES string of the molecule is CCC(C)/C=C(/C)CBr. The molecule has 1 heteroatoms. The van der Waals surface area contributed by atoms with E-state index in [1.54, 1.807) is 0 Å². The summed E-state index contributed by atoms with van der Waals surface area (Å²) in [6, 6.07) is 0. The second-order valence-electron chi connectivity index (χ2n) is 2.53. The number of allylic oxidation sites excluding steroid dienone is 2. The molecule has 1 unspecified atom stereocenters. The molecule has 0 amide bonds. The molecule has 0 fully saturated rings. The molecule has 0 saturated heterocycles. The van der Waals surface area contributed by atoms with Crippen molar-refractivity contribution in [1.82, 2.24) is 0 Å². The number of rotatable bonds is 3. The molecule has 0 aromatic heterocycles. The fraction of sp³-hybridized carbons (Fsp3) is 0.750. The van der Waals surface area contributed by atoms with Crippen LogP contribution in [0.15, 0.2) is 11.6 Å². The molecule has 0 aliphatic heterocycles. The van der Waals surface area contributed by atoms with E-state index in [0.29, 0.717) is 0 Å². The van der Waals surface area contributed by atoms with Crippen LogP contribution in [-0.4, -0.2) is 5.33 Å². The minimum Gasteiger partial charge on any atom is -0.0880 e. The lowest BCUT2D eigenvalue weighted by Crippen LogP contribution is -1.87. The molecule has 0 aromatic rings. The van der Waals surface area contributed by atoms with Gasteiger partial charge in [0.1, 0.15) is 0 Å². The maximum atomic E-state index is 3.40. The monoisotopic (exact) mass is 190 g/mol. The van der Waals surface area contributed by atoms with Gasteiger partial charge in [-0.2, -0.15) is 0 Å². The molecular formula is C8H15Br. The first-order valence-electron chi connectivity index (χ1n) is 3.44. The molecule has 0 radical (unpaired) electrons. The molecule has 0 saturated carbocycles. The van der Waals surface area contributed by atoms with E-state index in [-0.39, 0.29) is 0 Å². The lowest BCUT2D eigenvalue weighted by molar-refractivity contribution is 0.693. The van der Waals surface area contributed by atoms with E-state index >= 15 is 0 Å². The van der Waals surface area contributed by atoms with Crippen molar-refractivity contribution in [1.29, 1.82) is 0 Å². The third-order valence-corrected chi connectivity index (χ3v) is 2.31. The van der Waals surface area contributed by atoms with E-state index in [1.807, 2.05) is 0 Å². The van der Waals surface area contributed by atoms with E-state index in [9.17, 15) is 0 Å². The van der Waals surface area contributed by atoms with Gasteiger partial charge in [0.15, 0.2) is 0 Å². The Bertz CT molecular complexity index is 94.7. The van der Waals surface area contributed by atoms with Crippen molar-refractivity contribution in [2.24, 2.45) is 5.92 Å². The number of hydrogen-bond acceptors (Lipinski definition) is 0. The van der Waals surface area contributed by atoms with E-state index in [0.717, 1.165) is 11.2 Å². The van der Waals surface area contributed by atoms with E-state index < -0.39 is 0 Å². The Morgan fingerprint density at radius 3 is 2.56 bits per heavy atom. The van der Waals surface area contributed by atoms with Crippen molar-refractivity contribution < 1.29 is 0 Å². The van der Waals surface area contributed by atoms with E-state index in [4.69, 9.17) is 0 Å². The number of alkyl halides is 1. The van der Waals surface area contributed by atoms with Crippen LogP contribution in [0, 0.1) is 5.92 Å².